The van der Waals surface area contributed by atoms with E-state index < -0.39 is 0 Å². The molecule has 90 valence electrons. The van der Waals surface area contributed by atoms with Crippen molar-refractivity contribution in [2.24, 2.45) is 0 Å². The van der Waals surface area contributed by atoms with Crippen LogP contribution in [0.3, 0.4) is 0 Å². The Morgan fingerprint density at radius 2 is 2.00 bits per heavy atom. The molecule has 0 aliphatic carbocycles. The quantitative estimate of drug-likeness (QED) is 0.910. The van der Waals surface area contributed by atoms with Crippen LogP contribution >= 0.6 is 11.6 Å². The van der Waals surface area contributed by atoms with Crippen LogP contribution in [0.5, 0.6) is 0 Å². The van der Waals surface area contributed by atoms with Crippen LogP contribution in [0.25, 0.3) is 0 Å². The van der Waals surface area contributed by atoms with E-state index in [9.17, 15) is 0 Å². The summed E-state index contributed by atoms with van der Waals surface area (Å²) in [6, 6.07) is 1.87. The highest BCUT2D eigenvalue weighted by atomic mass is 35.5. The molecule has 0 bridgehead atoms. The zero-order chi connectivity index (χ0) is 12.4. The summed E-state index contributed by atoms with van der Waals surface area (Å²) in [4.78, 5) is 0. The highest BCUT2D eigenvalue weighted by molar-refractivity contribution is 6.30. The van der Waals surface area contributed by atoms with Gasteiger partial charge in [-0.25, -0.2) is 0 Å². The average molecular weight is 253 g/mol. The lowest BCUT2D eigenvalue weighted by Gasteiger charge is -2.08. The molecule has 0 aromatic carbocycles. The molecule has 0 amide bonds. The predicted molar refractivity (Wildman–Crippen MR) is 65.1 cm³/mol. The van der Waals surface area contributed by atoms with E-state index in [-0.39, 0.29) is 0 Å². The van der Waals surface area contributed by atoms with E-state index in [1.54, 1.807) is 0 Å². The standard InChI is InChI=1S/C11H13ClN4O/c1-6-4-9(17-16-6)5-13-11-8(3)7(2)10(12)14-15-11/h4H,5H2,1-3H3,(H,13,15). The molecule has 6 heteroatoms. The fraction of sp³-hybridized carbons (Fsp3) is 0.364. The summed E-state index contributed by atoms with van der Waals surface area (Å²) in [5, 5.41) is 15.3. The zero-order valence-electron chi connectivity index (χ0n) is 9.91. The minimum absolute atomic E-state index is 0.434. The van der Waals surface area contributed by atoms with Gasteiger partial charge in [0.25, 0.3) is 0 Å². The average Bonchev–Trinajstić information content (AvgIpc) is 2.71. The van der Waals surface area contributed by atoms with Crippen LogP contribution in [-0.2, 0) is 6.54 Å². The second kappa shape index (κ2) is 4.71. The Labute approximate surface area is 104 Å². The second-order valence-electron chi connectivity index (χ2n) is 3.88. The maximum Gasteiger partial charge on any atom is 0.156 e. The molecule has 0 radical (unpaired) electrons. The van der Waals surface area contributed by atoms with E-state index in [0.29, 0.717) is 17.5 Å². The number of hydrogen-bond acceptors (Lipinski definition) is 5. The topological polar surface area (TPSA) is 63.8 Å². The first-order valence-electron chi connectivity index (χ1n) is 5.23. The predicted octanol–water partition coefficient (Wildman–Crippen LogP) is 2.66. The third-order valence-corrected chi connectivity index (χ3v) is 2.93. The lowest BCUT2D eigenvalue weighted by molar-refractivity contribution is 0.384. The van der Waals surface area contributed by atoms with Crippen molar-refractivity contribution in [2.45, 2.75) is 27.3 Å². The van der Waals surface area contributed by atoms with Gasteiger partial charge in [0.1, 0.15) is 0 Å². The Balaban J connectivity index is 2.12. The highest BCUT2D eigenvalue weighted by Gasteiger charge is 2.08. The first-order chi connectivity index (χ1) is 8.08. The van der Waals surface area contributed by atoms with Crippen molar-refractivity contribution in [3.8, 4) is 0 Å². The van der Waals surface area contributed by atoms with Crippen LogP contribution in [0.4, 0.5) is 5.82 Å². The minimum Gasteiger partial charge on any atom is -0.361 e. The van der Waals surface area contributed by atoms with Gasteiger partial charge in [0.2, 0.25) is 0 Å². The van der Waals surface area contributed by atoms with E-state index in [0.717, 1.165) is 22.6 Å². The van der Waals surface area contributed by atoms with Gasteiger partial charge < -0.3 is 9.84 Å². The molecule has 0 fully saturated rings. The summed E-state index contributed by atoms with van der Waals surface area (Å²) in [5.41, 5.74) is 2.77. The Kier molecular flexibility index (Phi) is 3.28. The van der Waals surface area contributed by atoms with Crippen LogP contribution in [-0.4, -0.2) is 15.4 Å². The molecule has 1 N–H and O–H groups in total. The third-order valence-electron chi connectivity index (χ3n) is 2.57. The molecular formula is C11H13ClN4O. The monoisotopic (exact) mass is 252 g/mol. The zero-order valence-corrected chi connectivity index (χ0v) is 10.7. The van der Waals surface area contributed by atoms with Gasteiger partial charge >= 0.3 is 0 Å². The summed E-state index contributed by atoms with van der Waals surface area (Å²) in [6.45, 7) is 6.27. The van der Waals surface area contributed by atoms with Crippen LogP contribution in [0, 0.1) is 20.8 Å². The van der Waals surface area contributed by atoms with E-state index in [1.165, 1.54) is 0 Å². The molecule has 5 nitrogen and oxygen atoms in total. The largest absolute Gasteiger partial charge is 0.361 e. The van der Waals surface area contributed by atoms with Gasteiger partial charge in [-0.15, -0.1) is 10.2 Å². The fourth-order valence-corrected chi connectivity index (χ4v) is 1.59. The van der Waals surface area contributed by atoms with Crippen LogP contribution < -0.4 is 5.32 Å². The van der Waals surface area contributed by atoms with Gasteiger partial charge in [0.05, 0.1) is 12.2 Å². The molecule has 17 heavy (non-hydrogen) atoms. The molecule has 0 unspecified atom stereocenters. The Morgan fingerprint density at radius 3 is 2.65 bits per heavy atom. The molecule has 2 aromatic heterocycles. The molecule has 0 saturated carbocycles. The number of halogens is 1. The van der Waals surface area contributed by atoms with E-state index in [2.05, 4.69) is 20.7 Å². The molecule has 0 atom stereocenters. The van der Waals surface area contributed by atoms with Crippen LogP contribution in [0.1, 0.15) is 22.6 Å². The number of aromatic nitrogens is 3. The lowest BCUT2D eigenvalue weighted by atomic mass is 10.2. The van der Waals surface area contributed by atoms with Crippen LogP contribution in [0.15, 0.2) is 10.6 Å². The summed E-state index contributed by atoms with van der Waals surface area (Å²) >= 11 is 5.88. The molecule has 0 saturated heterocycles. The number of nitrogens with one attached hydrogen (secondary N) is 1. The van der Waals surface area contributed by atoms with Gasteiger partial charge in [-0.2, -0.15) is 0 Å². The smallest absolute Gasteiger partial charge is 0.156 e. The summed E-state index contributed by atoms with van der Waals surface area (Å²) in [7, 11) is 0. The van der Waals surface area contributed by atoms with Gasteiger partial charge in [0, 0.05) is 6.07 Å². The van der Waals surface area contributed by atoms with Crippen molar-refractivity contribution in [1.82, 2.24) is 15.4 Å². The normalized spacial score (nSPS) is 10.6. The van der Waals surface area contributed by atoms with Crippen molar-refractivity contribution in [3.63, 3.8) is 0 Å². The molecule has 0 aliphatic rings. The maximum absolute atomic E-state index is 5.88. The molecular weight excluding hydrogens is 240 g/mol. The van der Waals surface area contributed by atoms with Gasteiger partial charge in [-0.05, 0) is 31.9 Å². The van der Waals surface area contributed by atoms with Crippen molar-refractivity contribution < 1.29 is 4.52 Å². The van der Waals surface area contributed by atoms with Crippen LogP contribution in [0.2, 0.25) is 5.15 Å². The number of anilines is 1. The molecule has 2 rings (SSSR count). The Morgan fingerprint density at radius 1 is 1.24 bits per heavy atom. The molecule has 2 heterocycles. The summed E-state index contributed by atoms with van der Waals surface area (Å²) in [6.07, 6.45) is 0. The van der Waals surface area contributed by atoms with Crippen molar-refractivity contribution >= 4 is 17.4 Å². The Bertz CT molecular complexity index is 538. The molecule has 0 spiro atoms. The Hall–Kier alpha value is -1.62. The fourth-order valence-electron chi connectivity index (χ4n) is 1.41. The SMILES string of the molecule is Cc1cc(CNc2nnc(Cl)c(C)c2C)on1. The summed E-state index contributed by atoms with van der Waals surface area (Å²) < 4.78 is 5.09. The minimum atomic E-state index is 0.434. The summed E-state index contributed by atoms with van der Waals surface area (Å²) in [5.74, 6) is 1.47. The highest BCUT2D eigenvalue weighted by Crippen LogP contribution is 2.20. The second-order valence-corrected chi connectivity index (χ2v) is 4.24. The van der Waals surface area contributed by atoms with Gasteiger partial charge in [-0.3, -0.25) is 0 Å². The van der Waals surface area contributed by atoms with Gasteiger partial charge in [-0.1, -0.05) is 16.8 Å². The maximum atomic E-state index is 5.88. The van der Waals surface area contributed by atoms with Crippen molar-refractivity contribution in [2.75, 3.05) is 5.32 Å². The third kappa shape index (κ3) is 2.55. The first kappa shape index (κ1) is 11.9. The number of hydrogen-bond donors (Lipinski definition) is 1. The lowest BCUT2D eigenvalue weighted by Crippen LogP contribution is -2.05. The van der Waals surface area contributed by atoms with Gasteiger partial charge in [0.15, 0.2) is 16.7 Å². The number of aryl methyl sites for hydroxylation is 1. The van der Waals surface area contributed by atoms with Crippen molar-refractivity contribution in [1.29, 1.82) is 0 Å². The number of nitrogens with zero attached hydrogens (tertiary/aromatic N) is 3. The molecule has 2 aromatic rings. The number of rotatable bonds is 3. The first-order valence-corrected chi connectivity index (χ1v) is 5.61. The van der Waals surface area contributed by atoms with E-state index in [4.69, 9.17) is 16.1 Å². The van der Waals surface area contributed by atoms with E-state index in [1.807, 2.05) is 26.8 Å². The van der Waals surface area contributed by atoms with E-state index >= 15 is 0 Å². The van der Waals surface area contributed by atoms with Crippen molar-refractivity contribution in [3.05, 3.63) is 33.8 Å². The molecule has 0 aliphatic heterocycles.